The fourth-order valence-electron chi connectivity index (χ4n) is 2.62. The van der Waals surface area contributed by atoms with Crippen molar-refractivity contribution < 1.29 is 14.3 Å². The van der Waals surface area contributed by atoms with Crippen LogP contribution >= 0.6 is 11.3 Å². The van der Waals surface area contributed by atoms with Crippen molar-refractivity contribution in [2.45, 2.75) is 33.1 Å². The summed E-state index contributed by atoms with van der Waals surface area (Å²) in [6, 6.07) is 4.87. The highest BCUT2D eigenvalue weighted by atomic mass is 32.1. The van der Waals surface area contributed by atoms with E-state index < -0.39 is 0 Å². The molecule has 3 heterocycles. The highest BCUT2D eigenvalue weighted by Gasteiger charge is 2.13. The highest BCUT2D eigenvalue weighted by molar-refractivity contribution is 7.12. The van der Waals surface area contributed by atoms with E-state index in [1.54, 1.807) is 31.3 Å². The van der Waals surface area contributed by atoms with Crippen LogP contribution in [0.2, 0.25) is 0 Å². The second-order valence-electron chi connectivity index (χ2n) is 6.30. The standard InChI is InChI=1S/C20H23N5O3S/c1-3-5-6-9-21-20(27)25-17-8-7-14-18(24-17)23-15(11-22-14)13-10-16(29-12-13)19(26)28-4-2/h7-8,10-12H,3-6,9H2,1-2H3,(H2,21,23,24,25,27). The van der Waals surface area contributed by atoms with Crippen molar-refractivity contribution in [1.82, 2.24) is 20.3 Å². The predicted octanol–water partition coefficient (Wildman–Crippen LogP) is 4.24. The smallest absolute Gasteiger partial charge is 0.348 e. The molecule has 0 saturated heterocycles. The lowest BCUT2D eigenvalue weighted by Crippen LogP contribution is -2.29. The quantitative estimate of drug-likeness (QED) is 0.423. The maximum Gasteiger partial charge on any atom is 0.348 e. The molecule has 0 unspecified atom stereocenters. The number of hydrogen-bond acceptors (Lipinski definition) is 7. The molecule has 3 rings (SSSR count). The van der Waals surface area contributed by atoms with Crippen LogP contribution in [0, 0.1) is 0 Å². The Hall–Kier alpha value is -3.07. The Morgan fingerprint density at radius 1 is 1.17 bits per heavy atom. The summed E-state index contributed by atoms with van der Waals surface area (Å²) in [6.45, 7) is 4.83. The number of hydrogen-bond donors (Lipinski definition) is 2. The molecule has 29 heavy (non-hydrogen) atoms. The van der Waals surface area contributed by atoms with Gasteiger partial charge in [-0.1, -0.05) is 19.8 Å². The van der Waals surface area contributed by atoms with Crippen LogP contribution in [-0.4, -0.2) is 40.1 Å². The van der Waals surface area contributed by atoms with Gasteiger partial charge >= 0.3 is 12.0 Å². The van der Waals surface area contributed by atoms with Gasteiger partial charge in [0.25, 0.3) is 0 Å². The molecule has 0 spiro atoms. The van der Waals surface area contributed by atoms with E-state index >= 15 is 0 Å². The predicted molar refractivity (Wildman–Crippen MR) is 113 cm³/mol. The SMILES string of the molecule is CCCCCNC(=O)Nc1ccc2ncc(-c3csc(C(=O)OCC)c3)nc2n1. The summed E-state index contributed by atoms with van der Waals surface area (Å²) in [7, 11) is 0. The van der Waals surface area contributed by atoms with Crippen molar-refractivity contribution in [1.29, 1.82) is 0 Å². The van der Waals surface area contributed by atoms with Crippen LogP contribution in [0.25, 0.3) is 22.4 Å². The fourth-order valence-corrected chi connectivity index (χ4v) is 3.42. The maximum absolute atomic E-state index is 12.0. The summed E-state index contributed by atoms with van der Waals surface area (Å²) >= 11 is 1.29. The molecular weight excluding hydrogens is 390 g/mol. The van der Waals surface area contributed by atoms with Gasteiger partial charge in [-0.05, 0) is 31.5 Å². The van der Waals surface area contributed by atoms with Crippen LogP contribution in [0.1, 0.15) is 42.8 Å². The molecule has 0 radical (unpaired) electrons. The minimum absolute atomic E-state index is 0.297. The Kier molecular flexibility index (Phi) is 7.07. The van der Waals surface area contributed by atoms with E-state index in [9.17, 15) is 9.59 Å². The van der Waals surface area contributed by atoms with E-state index in [1.165, 1.54) is 11.3 Å². The monoisotopic (exact) mass is 413 g/mol. The Morgan fingerprint density at radius 2 is 2.03 bits per heavy atom. The molecule has 0 fully saturated rings. The number of nitrogens with one attached hydrogen (secondary N) is 2. The minimum Gasteiger partial charge on any atom is -0.462 e. The molecule has 3 aromatic rings. The van der Waals surface area contributed by atoms with Gasteiger partial charge < -0.3 is 10.1 Å². The van der Waals surface area contributed by atoms with E-state index in [0.29, 0.717) is 40.7 Å². The number of carbonyl (C=O) groups is 2. The lowest BCUT2D eigenvalue weighted by Gasteiger charge is -2.07. The number of nitrogens with zero attached hydrogens (tertiary/aromatic N) is 3. The van der Waals surface area contributed by atoms with Gasteiger partial charge in [-0.2, -0.15) is 0 Å². The topological polar surface area (TPSA) is 106 Å². The summed E-state index contributed by atoms with van der Waals surface area (Å²) in [5, 5.41) is 7.35. The molecular formula is C20H23N5O3S. The van der Waals surface area contributed by atoms with Crippen LogP contribution in [0.15, 0.2) is 29.8 Å². The largest absolute Gasteiger partial charge is 0.462 e. The molecule has 0 saturated carbocycles. The number of amides is 2. The molecule has 2 N–H and O–H groups in total. The van der Waals surface area contributed by atoms with E-state index in [1.807, 2.05) is 5.38 Å². The van der Waals surface area contributed by atoms with Crippen molar-refractivity contribution in [3.63, 3.8) is 0 Å². The average Bonchev–Trinajstić information content (AvgIpc) is 3.21. The van der Waals surface area contributed by atoms with Gasteiger partial charge in [0.2, 0.25) is 0 Å². The van der Waals surface area contributed by atoms with E-state index in [4.69, 9.17) is 4.74 Å². The van der Waals surface area contributed by atoms with E-state index in [-0.39, 0.29) is 12.0 Å². The zero-order chi connectivity index (χ0) is 20.6. The molecule has 152 valence electrons. The van der Waals surface area contributed by atoms with Gasteiger partial charge in [0.05, 0.1) is 18.5 Å². The molecule has 0 aliphatic heterocycles. The molecule has 0 aliphatic carbocycles. The van der Waals surface area contributed by atoms with Gasteiger partial charge in [-0.3, -0.25) is 10.3 Å². The Balaban J connectivity index is 1.73. The highest BCUT2D eigenvalue weighted by Crippen LogP contribution is 2.25. The summed E-state index contributed by atoms with van der Waals surface area (Å²) in [4.78, 5) is 37.6. The second kappa shape index (κ2) is 9.92. The van der Waals surface area contributed by atoms with Gasteiger partial charge in [-0.15, -0.1) is 11.3 Å². The van der Waals surface area contributed by atoms with Crippen molar-refractivity contribution in [3.05, 3.63) is 34.7 Å². The Morgan fingerprint density at radius 3 is 2.83 bits per heavy atom. The third kappa shape index (κ3) is 5.47. The average molecular weight is 414 g/mol. The minimum atomic E-state index is -0.355. The molecule has 0 aliphatic rings. The lowest BCUT2D eigenvalue weighted by molar-refractivity contribution is 0.0532. The number of esters is 1. The number of carbonyl (C=O) groups excluding carboxylic acids is 2. The van der Waals surface area contributed by atoms with Gasteiger partial charge in [0, 0.05) is 17.5 Å². The number of ether oxygens (including phenoxy) is 1. The summed E-state index contributed by atoms with van der Waals surface area (Å²) < 4.78 is 5.02. The molecule has 9 heteroatoms. The summed E-state index contributed by atoms with van der Waals surface area (Å²) in [6.07, 6.45) is 4.75. The van der Waals surface area contributed by atoms with Crippen LogP contribution in [0.5, 0.6) is 0 Å². The first kappa shape index (κ1) is 20.7. The first-order valence-corrected chi connectivity index (χ1v) is 10.4. The first-order valence-electron chi connectivity index (χ1n) is 9.55. The molecule has 0 bridgehead atoms. The van der Waals surface area contributed by atoms with Crippen molar-refractivity contribution in [2.24, 2.45) is 0 Å². The van der Waals surface area contributed by atoms with Gasteiger partial charge in [0.1, 0.15) is 16.2 Å². The van der Waals surface area contributed by atoms with Crippen LogP contribution in [0.3, 0.4) is 0 Å². The van der Waals surface area contributed by atoms with Crippen LogP contribution < -0.4 is 10.6 Å². The zero-order valence-corrected chi connectivity index (χ0v) is 17.2. The van der Waals surface area contributed by atoms with Crippen molar-refractivity contribution in [2.75, 3.05) is 18.5 Å². The second-order valence-corrected chi connectivity index (χ2v) is 7.21. The van der Waals surface area contributed by atoms with Crippen molar-refractivity contribution >= 4 is 40.3 Å². The number of pyridine rings is 1. The molecule has 0 aromatic carbocycles. The third-order valence-electron chi connectivity index (χ3n) is 4.09. The zero-order valence-electron chi connectivity index (χ0n) is 16.4. The number of rotatable bonds is 8. The van der Waals surface area contributed by atoms with Crippen molar-refractivity contribution in [3.8, 4) is 11.3 Å². The Bertz CT molecular complexity index is 1000. The Labute approximate surface area is 172 Å². The van der Waals surface area contributed by atoms with Crippen LogP contribution in [-0.2, 0) is 4.74 Å². The number of aromatic nitrogens is 3. The number of urea groups is 1. The maximum atomic E-state index is 12.0. The first-order chi connectivity index (χ1) is 14.1. The lowest BCUT2D eigenvalue weighted by atomic mass is 10.2. The van der Waals surface area contributed by atoms with E-state index in [2.05, 4.69) is 32.5 Å². The van der Waals surface area contributed by atoms with Gasteiger partial charge in [-0.25, -0.2) is 19.6 Å². The summed E-state index contributed by atoms with van der Waals surface area (Å²) in [5.41, 5.74) is 2.39. The molecule has 3 aromatic heterocycles. The molecule has 8 nitrogen and oxygen atoms in total. The number of unbranched alkanes of at least 4 members (excludes halogenated alkanes) is 2. The van der Waals surface area contributed by atoms with E-state index in [0.717, 1.165) is 24.8 Å². The third-order valence-corrected chi connectivity index (χ3v) is 5.00. The van der Waals surface area contributed by atoms with Gasteiger partial charge in [0.15, 0.2) is 5.65 Å². The molecule has 0 atom stereocenters. The normalized spacial score (nSPS) is 10.7. The molecule has 2 amide bonds. The number of fused-ring (bicyclic) bond motifs is 1. The number of anilines is 1. The fraction of sp³-hybridized carbons (Fsp3) is 0.350. The van der Waals surface area contributed by atoms with Crippen LogP contribution in [0.4, 0.5) is 10.6 Å². The number of thiophene rings is 1. The summed E-state index contributed by atoms with van der Waals surface area (Å²) in [5.74, 6) is 0.0431.